The molecule has 0 aliphatic heterocycles. The van der Waals surface area contributed by atoms with E-state index in [0.717, 1.165) is 0 Å². The van der Waals surface area contributed by atoms with E-state index in [-0.39, 0.29) is 6.32 Å². The van der Waals surface area contributed by atoms with Gasteiger partial charge in [-0.2, -0.15) is 0 Å². The van der Waals surface area contributed by atoms with E-state index in [1.165, 1.54) is 0 Å². The van der Waals surface area contributed by atoms with Gasteiger partial charge in [-0.3, -0.25) is 0 Å². The van der Waals surface area contributed by atoms with Crippen LogP contribution in [-0.4, -0.2) is 21.4 Å². The lowest BCUT2D eigenvalue weighted by atomic mass is 9.89. The van der Waals surface area contributed by atoms with Crippen molar-refractivity contribution in [1.82, 2.24) is 0 Å². The molecule has 0 saturated heterocycles. The minimum atomic E-state index is -0.468. The molecule has 1 nitrogen and oxygen atoms in total. The second-order valence-corrected chi connectivity index (χ2v) is 0.670. The predicted molar refractivity (Wildman–Crippen MR) is 21.3 cm³/mol. The summed E-state index contributed by atoms with van der Waals surface area (Å²) in [4.78, 5) is 9.47. The highest BCUT2D eigenvalue weighted by Crippen LogP contribution is 1.62. The van der Waals surface area contributed by atoms with E-state index in [0.29, 0.717) is 0 Å². The third-order valence-electron chi connectivity index (χ3n) is 0.201. The molecule has 0 atom stereocenters. The monoisotopic (exact) mass is 64.0 g/mol. The number of hydrogen-bond donors (Lipinski definition) is 0. The lowest BCUT2D eigenvalue weighted by Gasteiger charge is -1.72. The number of carbonyl (C=O) groups is 1. The van der Waals surface area contributed by atoms with Crippen LogP contribution in [0.1, 0.15) is 0 Å². The summed E-state index contributed by atoms with van der Waals surface area (Å²) < 4.78 is 0. The second-order valence-electron chi connectivity index (χ2n) is 0.670. The number of hydrogen-bond acceptors (Lipinski definition) is 1. The van der Waals surface area contributed by atoms with Crippen molar-refractivity contribution < 1.29 is 4.79 Å². The molecule has 0 fully saturated rings. The highest BCUT2D eigenvalue weighted by Gasteiger charge is 1.76. The largest absolute Gasteiger partial charge is 0.314 e. The summed E-state index contributed by atoms with van der Waals surface area (Å²) in [6.07, 6.45) is -0.0556. The van der Waals surface area contributed by atoms with E-state index in [4.69, 9.17) is 7.85 Å². The Morgan fingerprint density at radius 2 is 2.00 bits per heavy atom. The fourth-order valence-electron chi connectivity index (χ4n) is 0. The molecule has 0 spiro atoms. The SMILES string of the molecule is [B]CC([B])=O. The molecule has 5 heavy (non-hydrogen) atoms. The summed E-state index contributed by atoms with van der Waals surface area (Å²) >= 11 is 0. The third kappa shape index (κ3) is 3.80. The minimum Gasteiger partial charge on any atom is -0.314 e. The van der Waals surface area contributed by atoms with Crippen molar-refractivity contribution in [3.63, 3.8) is 0 Å². The Bertz CT molecular complexity index is 42.9. The van der Waals surface area contributed by atoms with Gasteiger partial charge in [0, 0.05) is 0 Å². The Kier molecular flexibility index (Phi) is 1.98. The maximum atomic E-state index is 9.47. The van der Waals surface area contributed by atoms with E-state index < -0.39 is 5.68 Å². The van der Waals surface area contributed by atoms with Gasteiger partial charge >= 0.3 is 0 Å². The zero-order valence-corrected chi connectivity index (χ0v) is 2.77. The lowest BCUT2D eigenvalue weighted by molar-refractivity contribution is -0.109. The first-order valence-electron chi connectivity index (χ1n) is 1.25. The van der Waals surface area contributed by atoms with Crippen molar-refractivity contribution in [2.45, 2.75) is 6.32 Å². The number of rotatable bonds is 1. The molecule has 0 rings (SSSR count). The van der Waals surface area contributed by atoms with Crippen LogP contribution in [0.2, 0.25) is 6.32 Å². The van der Waals surface area contributed by atoms with Gasteiger partial charge in [-0.15, -0.1) is 0 Å². The number of carbonyl (C=O) groups excluding carboxylic acids is 1. The average Bonchev–Trinajstić information content (AvgIpc) is 1.38. The van der Waals surface area contributed by atoms with Crippen LogP contribution < -0.4 is 0 Å². The van der Waals surface area contributed by atoms with Crippen LogP contribution in [-0.2, 0) is 4.79 Å². The fourth-order valence-corrected chi connectivity index (χ4v) is 0. The second kappa shape index (κ2) is 2.06. The highest BCUT2D eigenvalue weighted by atomic mass is 16.1. The first kappa shape index (κ1) is 4.80. The van der Waals surface area contributed by atoms with Gasteiger partial charge in [-0.05, 0) is 6.32 Å². The fraction of sp³-hybridized carbons (Fsp3) is 0.500. The maximum absolute atomic E-state index is 9.47. The molecular formula is C2H2B2O. The molecule has 0 aromatic rings. The first-order valence-corrected chi connectivity index (χ1v) is 1.25. The summed E-state index contributed by atoms with van der Waals surface area (Å²) in [5.41, 5.74) is -0.468. The zero-order valence-electron chi connectivity index (χ0n) is 2.77. The molecule has 0 aromatic heterocycles. The van der Waals surface area contributed by atoms with Gasteiger partial charge in [0.2, 0.25) is 0 Å². The van der Waals surface area contributed by atoms with Gasteiger partial charge in [-0.1, -0.05) is 0 Å². The minimum absolute atomic E-state index is 0.0556. The van der Waals surface area contributed by atoms with Crippen LogP contribution in [0, 0.1) is 0 Å². The molecule has 0 saturated carbocycles. The Hall–Kier alpha value is -0.200. The molecule has 0 aliphatic carbocycles. The average molecular weight is 63.7 g/mol. The van der Waals surface area contributed by atoms with E-state index in [2.05, 4.69) is 7.85 Å². The summed E-state index contributed by atoms with van der Waals surface area (Å²) in [5.74, 6) is 0. The standard InChI is InChI=1S/C2H2B2O/c3-1-2(4)5/h1H2. The molecule has 4 radical (unpaired) electrons. The Labute approximate surface area is 33.6 Å². The van der Waals surface area contributed by atoms with Crippen LogP contribution >= 0.6 is 0 Å². The third-order valence-corrected chi connectivity index (χ3v) is 0.201. The van der Waals surface area contributed by atoms with Gasteiger partial charge in [0.15, 0.2) is 7.85 Å². The van der Waals surface area contributed by atoms with Crippen LogP contribution in [0.4, 0.5) is 0 Å². The summed E-state index contributed by atoms with van der Waals surface area (Å²) in [6, 6.07) is 0. The zero-order chi connectivity index (χ0) is 4.28. The maximum Gasteiger partial charge on any atom is 0.166 e. The van der Waals surface area contributed by atoms with E-state index in [1.54, 1.807) is 0 Å². The molecular weight excluding hydrogens is 61.6 g/mol. The van der Waals surface area contributed by atoms with Gasteiger partial charge in [0.1, 0.15) is 0 Å². The molecule has 22 valence electrons. The summed E-state index contributed by atoms with van der Waals surface area (Å²) in [7, 11) is 9.22. The van der Waals surface area contributed by atoms with Gasteiger partial charge < -0.3 is 4.79 Å². The molecule has 0 aliphatic rings. The van der Waals surface area contributed by atoms with Crippen molar-refractivity contribution >= 4 is 21.4 Å². The predicted octanol–water partition coefficient (Wildman–Crippen LogP) is -0.732. The summed E-state index contributed by atoms with van der Waals surface area (Å²) in [6.45, 7) is 0. The van der Waals surface area contributed by atoms with Crippen LogP contribution in [0.5, 0.6) is 0 Å². The molecule has 3 heteroatoms. The molecule has 0 unspecified atom stereocenters. The normalized spacial score (nSPS) is 7.20. The molecule has 0 heterocycles. The van der Waals surface area contributed by atoms with Gasteiger partial charge in [0.25, 0.3) is 0 Å². The first-order chi connectivity index (χ1) is 2.27. The quantitative estimate of drug-likeness (QED) is 0.367. The Morgan fingerprint density at radius 3 is 2.00 bits per heavy atom. The lowest BCUT2D eigenvalue weighted by Crippen LogP contribution is -1.90. The highest BCUT2D eigenvalue weighted by molar-refractivity contribution is 6.61. The van der Waals surface area contributed by atoms with Gasteiger partial charge in [-0.25, -0.2) is 0 Å². The van der Waals surface area contributed by atoms with Crippen molar-refractivity contribution in [3.8, 4) is 0 Å². The van der Waals surface area contributed by atoms with E-state index in [1.807, 2.05) is 0 Å². The van der Waals surface area contributed by atoms with Gasteiger partial charge in [0.05, 0.1) is 13.5 Å². The molecule has 0 amide bonds. The smallest absolute Gasteiger partial charge is 0.166 e. The van der Waals surface area contributed by atoms with Crippen molar-refractivity contribution in [1.29, 1.82) is 0 Å². The summed E-state index contributed by atoms with van der Waals surface area (Å²) in [5, 5.41) is 0. The van der Waals surface area contributed by atoms with Crippen molar-refractivity contribution in [2.75, 3.05) is 0 Å². The van der Waals surface area contributed by atoms with Crippen LogP contribution in [0.3, 0.4) is 0 Å². The Morgan fingerprint density at radius 1 is 1.80 bits per heavy atom. The molecule has 0 N–H and O–H groups in total. The molecule has 0 aromatic carbocycles. The van der Waals surface area contributed by atoms with Crippen molar-refractivity contribution in [3.05, 3.63) is 0 Å². The van der Waals surface area contributed by atoms with Crippen LogP contribution in [0.15, 0.2) is 0 Å². The molecule has 0 bridgehead atoms. The Balaban J connectivity index is 2.85. The van der Waals surface area contributed by atoms with E-state index in [9.17, 15) is 4.79 Å². The van der Waals surface area contributed by atoms with Crippen molar-refractivity contribution in [2.24, 2.45) is 0 Å². The van der Waals surface area contributed by atoms with Crippen LogP contribution in [0.25, 0.3) is 0 Å². The van der Waals surface area contributed by atoms with E-state index >= 15 is 0 Å². The topological polar surface area (TPSA) is 17.1 Å².